The molecule has 1 aromatic carbocycles. The van der Waals surface area contributed by atoms with Crippen molar-refractivity contribution in [2.45, 2.75) is 6.92 Å². The molecule has 6 nitrogen and oxygen atoms in total. The van der Waals surface area contributed by atoms with Crippen molar-refractivity contribution in [2.24, 2.45) is 5.73 Å². The van der Waals surface area contributed by atoms with Crippen LogP contribution >= 0.6 is 12.4 Å². The van der Waals surface area contributed by atoms with Crippen LogP contribution in [0.1, 0.15) is 5.82 Å². The van der Waals surface area contributed by atoms with Crippen molar-refractivity contribution in [1.82, 2.24) is 20.2 Å². The molecule has 20 heavy (non-hydrogen) atoms. The highest BCUT2D eigenvalue weighted by molar-refractivity contribution is 5.85. The maximum absolute atomic E-state index is 12.3. The molecule has 2 aromatic rings. The van der Waals surface area contributed by atoms with Gasteiger partial charge in [-0.05, 0) is 36.4 Å². The summed E-state index contributed by atoms with van der Waals surface area (Å²) < 4.78 is 17.7. The summed E-state index contributed by atoms with van der Waals surface area (Å²) in [4.78, 5) is 1.42. The van der Waals surface area contributed by atoms with Crippen LogP contribution in [0.25, 0.3) is 5.69 Å². The van der Waals surface area contributed by atoms with Crippen molar-refractivity contribution in [3.05, 3.63) is 42.0 Å². The van der Waals surface area contributed by atoms with E-state index in [0.717, 1.165) is 5.69 Å². The largest absolute Gasteiger partial charge is 0.489 e. The smallest absolute Gasteiger partial charge is 0.172 e. The zero-order valence-electron chi connectivity index (χ0n) is 10.9. The van der Waals surface area contributed by atoms with E-state index >= 15 is 0 Å². The second-order valence-corrected chi connectivity index (χ2v) is 3.88. The molecule has 0 aliphatic carbocycles. The number of nitrogens with zero attached hydrogens (tertiary/aromatic N) is 4. The van der Waals surface area contributed by atoms with E-state index in [1.54, 1.807) is 31.2 Å². The van der Waals surface area contributed by atoms with Crippen LogP contribution in [0, 0.1) is 6.92 Å². The fourth-order valence-electron chi connectivity index (χ4n) is 1.38. The molecule has 0 saturated carbocycles. The van der Waals surface area contributed by atoms with Crippen LogP contribution in [0.4, 0.5) is 4.39 Å². The van der Waals surface area contributed by atoms with E-state index in [9.17, 15) is 4.39 Å². The molecule has 0 unspecified atom stereocenters. The van der Waals surface area contributed by atoms with Gasteiger partial charge in [-0.15, -0.1) is 27.4 Å². The summed E-state index contributed by atoms with van der Waals surface area (Å²) in [6, 6.07) is 7.08. The van der Waals surface area contributed by atoms with Crippen LogP contribution in [0.2, 0.25) is 0 Å². The minimum atomic E-state index is 0. The molecule has 8 heteroatoms. The van der Waals surface area contributed by atoms with Gasteiger partial charge in [-0.1, -0.05) is 0 Å². The fraction of sp³-hybridized carbons (Fsp3) is 0.250. The van der Waals surface area contributed by atoms with Crippen LogP contribution < -0.4 is 10.5 Å². The quantitative estimate of drug-likeness (QED) is 0.907. The van der Waals surface area contributed by atoms with E-state index in [1.807, 2.05) is 0 Å². The second kappa shape index (κ2) is 7.56. The summed E-state index contributed by atoms with van der Waals surface area (Å²) >= 11 is 0. The zero-order valence-corrected chi connectivity index (χ0v) is 11.7. The van der Waals surface area contributed by atoms with Crippen LogP contribution in [-0.2, 0) is 0 Å². The number of benzene rings is 1. The predicted octanol–water partition coefficient (Wildman–Crippen LogP) is 1.58. The van der Waals surface area contributed by atoms with Crippen LogP contribution in [-0.4, -0.2) is 33.4 Å². The number of hydrogen-bond donors (Lipinski definition) is 1. The Morgan fingerprint density at radius 2 is 2.10 bits per heavy atom. The maximum atomic E-state index is 12.3. The predicted molar refractivity (Wildman–Crippen MR) is 74.9 cm³/mol. The Morgan fingerprint density at radius 3 is 2.60 bits per heavy atom. The van der Waals surface area contributed by atoms with Gasteiger partial charge in [0.2, 0.25) is 0 Å². The van der Waals surface area contributed by atoms with Gasteiger partial charge in [0.15, 0.2) is 5.82 Å². The molecule has 0 amide bonds. The van der Waals surface area contributed by atoms with Crippen LogP contribution in [0.5, 0.6) is 5.75 Å². The molecular weight excluding hydrogens is 285 g/mol. The van der Waals surface area contributed by atoms with E-state index in [-0.39, 0.29) is 25.6 Å². The Kier molecular flexibility index (Phi) is 6.08. The highest BCUT2D eigenvalue weighted by Crippen LogP contribution is 2.14. The van der Waals surface area contributed by atoms with Gasteiger partial charge in [-0.25, -0.2) is 4.39 Å². The van der Waals surface area contributed by atoms with Gasteiger partial charge in [-0.3, -0.25) is 0 Å². The lowest BCUT2D eigenvalue weighted by Crippen LogP contribution is -2.10. The van der Waals surface area contributed by atoms with Crippen molar-refractivity contribution < 1.29 is 9.13 Å². The average Bonchev–Trinajstić information content (AvgIpc) is 2.87. The Morgan fingerprint density at radius 1 is 1.40 bits per heavy atom. The minimum Gasteiger partial charge on any atom is -0.489 e. The highest BCUT2D eigenvalue weighted by atomic mass is 35.5. The van der Waals surface area contributed by atoms with Gasteiger partial charge in [0.25, 0.3) is 0 Å². The van der Waals surface area contributed by atoms with Gasteiger partial charge in [-0.2, -0.15) is 0 Å². The number of halogens is 2. The third-order valence-electron chi connectivity index (χ3n) is 2.42. The molecule has 2 N–H and O–H groups in total. The van der Waals surface area contributed by atoms with Crippen LogP contribution in [0.3, 0.4) is 0 Å². The number of aromatic nitrogens is 4. The third kappa shape index (κ3) is 4.01. The molecule has 0 aliphatic rings. The number of rotatable bonds is 5. The Bertz CT molecular complexity index is 569. The molecule has 108 valence electrons. The molecular formula is C12H15ClFN5O. The number of ether oxygens (including phenoxy) is 1. The molecule has 1 heterocycles. The van der Waals surface area contributed by atoms with Crippen molar-refractivity contribution in [2.75, 3.05) is 13.2 Å². The normalized spacial score (nSPS) is 11.1. The molecule has 0 atom stereocenters. The summed E-state index contributed by atoms with van der Waals surface area (Å²) in [5, 5.41) is 11.8. The average molecular weight is 300 g/mol. The number of hydrogen-bond acceptors (Lipinski definition) is 5. The molecule has 0 aliphatic heterocycles. The van der Waals surface area contributed by atoms with Gasteiger partial charge >= 0.3 is 0 Å². The molecule has 2 rings (SSSR count). The number of tetrazole rings is 1. The summed E-state index contributed by atoms with van der Waals surface area (Å²) in [5.41, 5.74) is 6.51. The maximum Gasteiger partial charge on any atom is 0.172 e. The first-order valence-electron chi connectivity index (χ1n) is 5.71. The van der Waals surface area contributed by atoms with E-state index in [1.165, 1.54) is 4.80 Å². The zero-order chi connectivity index (χ0) is 13.7. The summed E-state index contributed by atoms with van der Waals surface area (Å²) in [6.45, 7) is 2.03. The topological polar surface area (TPSA) is 78.8 Å². The number of nitrogens with two attached hydrogens (primary N) is 1. The van der Waals surface area contributed by atoms with Crippen molar-refractivity contribution in [3.8, 4) is 11.4 Å². The Labute approximate surface area is 121 Å². The monoisotopic (exact) mass is 299 g/mol. The highest BCUT2D eigenvalue weighted by Gasteiger charge is 2.02. The number of aryl methyl sites for hydroxylation is 1. The molecule has 0 fully saturated rings. The standard InChI is InChI=1S/C12H14FN5O.ClH/c1-9-15-17-18(16-9)11-2-4-12(5-3-11)19-8-10(6-13)7-14;/h2-6H,7-8,14H2,1H3;1H/b10-6-;. The fourth-order valence-corrected chi connectivity index (χ4v) is 1.38. The summed E-state index contributed by atoms with van der Waals surface area (Å²) in [5.74, 6) is 1.22. The lowest BCUT2D eigenvalue weighted by Gasteiger charge is -2.07. The lowest BCUT2D eigenvalue weighted by atomic mass is 10.3. The first-order chi connectivity index (χ1) is 9.22. The molecule has 0 saturated heterocycles. The Hall–Kier alpha value is -1.99. The van der Waals surface area contributed by atoms with E-state index < -0.39 is 0 Å². The van der Waals surface area contributed by atoms with E-state index in [4.69, 9.17) is 10.5 Å². The third-order valence-corrected chi connectivity index (χ3v) is 2.42. The molecule has 0 bridgehead atoms. The molecule has 1 aromatic heterocycles. The molecule has 0 radical (unpaired) electrons. The summed E-state index contributed by atoms with van der Waals surface area (Å²) in [6.07, 6.45) is 0.469. The second-order valence-electron chi connectivity index (χ2n) is 3.88. The van der Waals surface area contributed by atoms with E-state index in [2.05, 4.69) is 15.4 Å². The van der Waals surface area contributed by atoms with Gasteiger partial charge in [0, 0.05) is 12.1 Å². The van der Waals surface area contributed by atoms with Crippen molar-refractivity contribution in [3.63, 3.8) is 0 Å². The van der Waals surface area contributed by atoms with Crippen molar-refractivity contribution >= 4 is 12.4 Å². The summed E-state index contributed by atoms with van der Waals surface area (Å²) in [7, 11) is 0. The first kappa shape index (κ1) is 16.1. The first-order valence-corrected chi connectivity index (χ1v) is 5.71. The minimum absolute atomic E-state index is 0. The van der Waals surface area contributed by atoms with Gasteiger partial charge < -0.3 is 10.5 Å². The van der Waals surface area contributed by atoms with E-state index in [0.29, 0.717) is 23.5 Å². The van der Waals surface area contributed by atoms with Crippen molar-refractivity contribution in [1.29, 1.82) is 0 Å². The van der Waals surface area contributed by atoms with Crippen LogP contribution in [0.15, 0.2) is 36.2 Å². The van der Waals surface area contributed by atoms with Gasteiger partial charge in [0.05, 0.1) is 12.0 Å². The lowest BCUT2D eigenvalue weighted by molar-refractivity contribution is 0.347. The SMILES string of the molecule is Cc1nnn(-c2ccc(OC/C(=C\F)CN)cc2)n1.Cl. The molecule has 0 spiro atoms. The Balaban J connectivity index is 0.00000200. The van der Waals surface area contributed by atoms with Gasteiger partial charge in [0.1, 0.15) is 12.4 Å².